The summed E-state index contributed by atoms with van der Waals surface area (Å²) in [6.45, 7) is 2.30. The average Bonchev–Trinajstić information content (AvgIpc) is 3.26. The molecule has 3 N–H and O–H groups in total. The Morgan fingerprint density at radius 1 is 1.30 bits per heavy atom. The summed E-state index contributed by atoms with van der Waals surface area (Å²) in [5, 5.41) is 0. The number of nitrogens with one attached hydrogen (secondary N) is 1. The number of aromatic amines is 1. The van der Waals surface area contributed by atoms with Crippen LogP contribution in [0, 0.1) is 0 Å². The first-order valence-corrected chi connectivity index (χ1v) is 9.15. The molecule has 0 radical (unpaired) electrons. The third kappa shape index (κ3) is 3.11. The number of imidazole rings is 1. The van der Waals surface area contributed by atoms with Gasteiger partial charge < -0.3 is 10.7 Å². The van der Waals surface area contributed by atoms with E-state index in [0.29, 0.717) is 41.0 Å². The Balaban J connectivity index is 1.82. The van der Waals surface area contributed by atoms with Crippen LogP contribution in [0.15, 0.2) is 30.5 Å². The predicted octanol–water partition coefficient (Wildman–Crippen LogP) is 2.52. The summed E-state index contributed by atoms with van der Waals surface area (Å²) < 4.78 is 43.1. The first-order chi connectivity index (χ1) is 14.2. The van der Waals surface area contributed by atoms with Crippen molar-refractivity contribution in [3.63, 3.8) is 0 Å². The number of nitrogens with two attached hydrogens (primary N) is 1. The maximum Gasteiger partial charge on any atom is 0.416 e. The van der Waals surface area contributed by atoms with E-state index in [1.54, 1.807) is 28.4 Å². The van der Waals surface area contributed by atoms with Crippen LogP contribution in [0.3, 0.4) is 0 Å². The normalized spacial score (nSPS) is 12.0. The van der Waals surface area contributed by atoms with Gasteiger partial charge in [0.1, 0.15) is 12.1 Å². The monoisotopic (exact) mass is 418 g/mol. The number of nitrogen functional groups attached to an aromatic ring is 1. The quantitative estimate of drug-likeness (QED) is 0.385. The van der Waals surface area contributed by atoms with E-state index in [1.807, 2.05) is 6.92 Å². The number of hydrogen-bond donors (Lipinski definition) is 2. The van der Waals surface area contributed by atoms with Crippen LogP contribution < -0.4 is 15.2 Å². The lowest BCUT2D eigenvalue weighted by molar-refractivity contribution is -0.653. The summed E-state index contributed by atoms with van der Waals surface area (Å²) in [4.78, 5) is 24.7. The molecule has 0 aliphatic carbocycles. The molecule has 3 aromatic heterocycles. The Hall–Kier alpha value is -3.63. The molecule has 0 aliphatic heterocycles. The second-order valence-corrected chi connectivity index (χ2v) is 6.80. The third-order valence-corrected chi connectivity index (χ3v) is 5.07. The molecule has 30 heavy (non-hydrogen) atoms. The zero-order valence-electron chi connectivity index (χ0n) is 16.2. The molecule has 0 saturated carbocycles. The number of carbonyl (C=O) groups is 1. The Labute approximate surface area is 168 Å². The van der Waals surface area contributed by atoms with Crippen molar-refractivity contribution in [3.8, 4) is 0 Å². The summed E-state index contributed by atoms with van der Waals surface area (Å²) in [6, 6.07) is 5.30. The van der Waals surface area contributed by atoms with Crippen LogP contribution in [0.1, 0.15) is 18.3 Å². The zero-order valence-corrected chi connectivity index (χ0v) is 16.2. The van der Waals surface area contributed by atoms with Gasteiger partial charge in [0.2, 0.25) is 6.41 Å². The van der Waals surface area contributed by atoms with Crippen molar-refractivity contribution < 1.29 is 22.5 Å². The molecule has 1 aromatic carbocycles. The number of aromatic nitrogens is 5. The lowest BCUT2D eigenvalue weighted by atomic mass is 10.2. The van der Waals surface area contributed by atoms with E-state index in [-0.39, 0.29) is 18.2 Å². The van der Waals surface area contributed by atoms with Crippen molar-refractivity contribution in [1.29, 1.82) is 0 Å². The molecule has 0 aliphatic rings. The number of amides is 1. The SMILES string of the molecule is CCn1c(CN(C=O)c2nc3cc[nH]c3nc2N)[n+](C)c2ccc(C(F)(F)F)cc21. The molecule has 1 amide bonds. The minimum Gasteiger partial charge on any atom is -0.381 e. The van der Waals surface area contributed by atoms with E-state index in [0.717, 1.165) is 12.1 Å². The molecule has 0 saturated heterocycles. The number of carbonyl (C=O) groups excluding carboxylic acids is 1. The molecule has 156 valence electrons. The number of alkyl halides is 3. The minimum absolute atomic E-state index is 0.0542. The molecule has 4 aromatic rings. The van der Waals surface area contributed by atoms with Crippen LogP contribution in [-0.2, 0) is 31.1 Å². The second kappa shape index (κ2) is 7.01. The molecule has 4 rings (SSSR count). The lowest BCUT2D eigenvalue weighted by Crippen LogP contribution is -2.38. The van der Waals surface area contributed by atoms with Crippen LogP contribution in [0.4, 0.5) is 24.8 Å². The highest BCUT2D eigenvalue weighted by Crippen LogP contribution is 2.31. The number of H-pyrrole nitrogens is 1. The Kier molecular flexibility index (Phi) is 4.60. The molecule has 0 unspecified atom stereocenters. The maximum absolute atomic E-state index is 13.2. The summed E-state index contributed by atoms with van der Waals surface area (Å²) >= 11 is 0. The first-order valence-electron chi connectivity index (χ1n) is 9.15. The molecule has 8 nitrogen and oxygen atoms in total. The summed E-state index contributed by atoms with van der Waals surface area (Å²) in [7, 11) is 1.74. The molecule has 0 spiro atoms. The van der Waals surface area contributed by atoms with Crippen molar-refractivity contribution in [2.24, 2.45) is 7.05 Å². The third-order valence-electron chi connectivity index (χ3n) is 5.07. The van der Waals surface area contributed by atoms with Gasteiger partial charge in [0, 0.05) is 12.3 Å². The van der Waals surface area contributed by atoms with E-state index >= 15 is 0 Å². The number of halogens is 3. The largest absolute Gasteiger partial charge is 0.416 e. The molecular weight excluding hydrogens is 399 g/mol. The summed E-state index contributed by atoms with van der Waals surface area (Å²) in [5.74, 6) is 0.869. The minimum atomic E-state index is -4.44. The smallest absolute Gasteiger partial charge is 0.381 e. The topological polar surface area (TPSA) is 96.7 Å². The number of fused-ring (bicyclic) bond motifs is 2. The van der Waals surface area contributed by atoms with Gasteiger partial charge in [-0.05, 0) is 25.1 Å². The van der Waals surface area contributed by atoms with Gasteiger partial charge in [0.05, 0.1) is 19.2 Å². The van der Waals surface area contributed by atoms with Crippen LogP contribution in [0.25, 0.3) is 22.2 Å². The molecule has 3 heterocycles. The molecule has 11 heteroatoms. The number of nitrogens with zero attached hydrogens (tertiary/aromatic N) is 5. The van der Waals surface area contributed by atoms with Gasteiger partial charge in [-0.2, -0.15) is 13.2 Å². The highest BCUT2D eigenvalue weighted by molar-refractivity contribution is 5.84. The van der Waals surface area contributed by atoms with Crippen molar-refractivity contribution in [1.82, 2.24) is 19.5 Å². The average molecular weight is 418 g/mol. The standard InChI is InChI=1S/C19H19F3N7O/c1-3-29-14-8-11(19(20,21)22)4-5-13(14)27(2)15(29)9-28(10-30)18-16(23)26-17-12(25-18)6-7-24-17/h4-8,10H,3,9H2,1-2H3,(H3,23,24,26)/q+1. The molecule has 0 bridgehead atoms. The molecular formula is C19H19F3N7O+. The van der Waals surface area contributed by atoms with Gasteiger partial charge in [0.25, 0.3) is 5.82 Å². The fourth-order valence-corrected chi connectivity index (χ4v) is 3.60. The first kappa shape index (κ1) is 19.7. The van der Waals surface area contributed by atoms with Crippen molar-refractivity contribution in [2.75, 3.05) is 10.6 Å². The van der Waals surface area contributed by atoms with E-state index in [2.05, 4.69) is 15.0 Å². The van der Waals surface area contributed by atoms with Gasteiger partial charge in [0.15, 0.2) is 28.3 Å². The van der Waals surface area contributed by atoms with Crippen molar-refractivity contribution >= 4 is 40.2 Å². The number of benzene rings is 1. The highest BCUT2D eigenvalue weighted by Gasteiger charge is 2.33. The van der Waals surface area contributed by atoms with Gasteiger partial charge in [-0.25, -0.2) is 19.1 Å². The fourth-order valence-electron chi connectivity index (χ4n) is 3.60. The maximum atomic E-state index is 13.2. The predicted molar refractivity (Wildman–Crippen MR) is 104 cm³/mol. The van der Waals surface area contributed by atoms with Gasteiger partial charge in [-0.1, -0.05) is 0 Å². The van der Waals surface area contributed by atoms with E-state index < -0.39 is 11.7 Å². The zero-order chi connectivity index (χ0) is 21.6. The number of anilines is 2. The van der Waals surface area contributed by atoms with Crippen LogP contribution in [0.2, 0.25) is 0 Å². The van der Waals surface area contributed by atoms with E-state index in [1.165, 1.54) is 11.0 Å². The van der Waals surface area contributed by atoms with Crippen molar-refractivity contribution in [2.45, 2.75) is 26.2 Å². The van der Waals surface area contributed by atoms with E-state index in [9.17, 15) is 18.0 Å². The van der Waals surface area contributed by atoms with Gasteiger partial charge in [-0.3, -0.25) is 9.69 Å². The number of aryl methyl sites for hydroxylation is 2. The van der Waals surface area contributed by atoms with E-state index in [4.69, 9.17) is 5.73 Å². The van der Waals surface area contributed by atoms with Gasteiger partial charge in [-0.15, -0.1) is 0 Å². The number of rotatable bonds is 5. The molecule has 0 atom stereocenters. The van der Waals surface area contributed by atoms with Crippen LogP contribution >= 0.6 is 0 Å². The van der Waals surface area contributed by atoms with Crippen LogP contribution in [-0.4, -0.2) is 25.9 Å². The summed E-state index contributed by atoms with van der Waals surface area (Å²) in [6.07, 6.45) is -2.20. The Morgan fingerprint density at radius 2 is 2.07 bits per heavy atom. The Morgan fingerprint density at radius 3 is 2.73 bits per heavy atom. The second-order valence-electron chi connectivity index (χ2n) is 6.80. The lowest BCUT2D eigenvalue weighted by Gasteiger charge is -2.16. The molecule has 0 fully saturated rings. The number of hydrogen-bond acceptors (Lipinski definition) is 4. The highest BCUT2D eigenvalue weighted by atomic mass is 19.4. The fraction of sp³-hybridized carbons (Fsp3) is 0.263. The Bertz CT molecular complexity index is 1260. The van der Waals surface area contributed by atoms with Gasteiger partial charge >= 0.3 is 6.18 Å². The summed E-state index contributed by atoms with van der Waals surface area (Å²) in [5.41, 5.74) is 7.35. The van der Waals surface area contributed by atoms with Crippen molar-refractivity contribution in [3.05, 3.63) is 41.9 Å². The van der Waals surface area contributed by atoms with Crippen LogP contribution in [0.5, 0.6) is 0 Å².